The number of hydrogen-bond acceptors (Lipinski definition) is 7. The number of morpholine rings is 1. The first-order chi connectivity index (χ1) is 18.7. The Morgan fingerprint density at radius 3 is 2.74 bits per heavy atom. The maximum absolute atomic E-state index is 13.0. The molecule has 0 atom stereocenters. The van der Waals surface area contributed by atoms with Gasteiger partial charge >= 0.3 is 0 Å². The number of carbonyl (C=O) groups excluding carboxylic acids is 2. The molecule has 2 saturated heterocycles. The molecule has 0 aliphatic carbocycles. The van der Waals surface area contributed by atoms with Crippen molar-refractivity contribution in [2.75, 3.05) is 52.5 Å². The van der Waals surface area contributed by atoms with Crippen LogP contribution in [0.25, 0.3) is 21.0 Å². The number of ether oxygens (including phenoxy) is 2. The van der Waals surface area contributed by atoms with Crippen LogP contribution in [-0.4, -0.2) is 79.1 Å². The zero-order chi connectivity index (χ0) is 25.9. The number of nitrogens with one attached hydrogen (secondary N) is 1. The maximum atomic E-state index is 13.0. The Kier molecular flexibility index (Phi) is 7.22. The second-order valence-corrected chi connectivity index (χ2v) is 10.7. The fraction of sp³-hybridized carbons (Fsp3) is 0.345. The van der Waals surface area contributed by atoms with E-state index in [2.05, 4.69) is 15.2 Å². The summed E-state index contributed by atoms with van der Waals surface area (Å²) in [5, 5.41) is 4.87. The van der Waals surface area contributed by atoms with E-state index in [9.17, 15) is 9.59 Å². The Bertz CT molecular complexity index is 1480. The van der Waals surface area contributed by atoms with Crippen LogP contribution < -0.4 is 10.1 Å². The predicted octanol–water partition coefficient (Wildman–Crippen LogP) is 4.54. The minimum Gasteiger partial charge on any atom is -0.456 e. The summed E-state index contributed by atoms with van der Waals surface area (Å²) in [5.41, 5.74) is 1.41. The molecule has 0 radical (unpaired) electrons. The van der Waals surface area contributed by atoms with Crippen molar-refractivity contribution < 1.29 is 19.1 Å². The van der Waals surface area contributed by atoms with E-state index >= 15 is 0 Å². The summed E-state index contributed by atoms with van der Waals surface area (Å²) in [6.45, 7) is 6.70. The SMILES string of the molecule is O=C(NCCCN1CCOCC1)c1cccc2cc(Oc3ccnc4cc(C(=O)N5CCC5)sc34)ccc12. The minimum absolute atomic E-state index is 0.0582. The number of aromatic nitrogens is 1. The third kappa shape index (κ3) is 5.22. The maximum Gasteiger partial charge on any atom is 0.264 e. The zero-order valence-corrected chi connectivity index (χ0v) is 22.0. The number of rotatable bonds is 8. The van der Waals surface area contributed by atoms with Crippen LogP contribution in [0.5, 0.6) is 11.5 Å². The van der Waals surface area contributed by atoms with Crippen LogP contribution in [-0.2, 0) is 4.74 Å². The smallest absolute Gasteiger partial charge is 0.264 e. The molecule has 4 aromatic rings. The Morgan fingerprint density at radius 1 is 1.05 bits per heavy atom. The summed E-state index contributed by atoms with van der Waals surface area (Å²) >= 11 is 1.42. The number of thiophene rings is 1. The van der Waals surface area contributed by atoms with Gasteiger partial charge in [-0.25, -0.2) is 0 Å². The van der Waals surface area contributed by atoms with Crippen LogP contribution in [0.15, 0.2) is 54.7 Å². The van der Waals surface area contributed by atoms with E-state index in [-0.39, 0.29) is 11.8 Å². The third-order valence-electron chi connectivity index (χ3n) is 7.09. The molecule has 0 spiro atoms. The minimum atomic E-state index is -0.0694. The van der Waals surface area contributed by atoms with Gasteiger partial charge < -0.3 is 19.7 Å². The molecule has 2 aromatic heterocycles. The van der Waals surface area contributed by atoms with Crippen molar-refractivity contribution in [3.05, 3.63) is 65.2 Å². The number of fused-ring (bicyclic) bond motifs is 2. The van der Waals surface area contributed by atoms with Crippen molar-refractivity contribution >= 4 is 44.1 Å². The monoisotopic (exact) mass is 530 g/mol. The average Bonchev–Trinajstić information content (AvgIpc) is 3.36. The Balaban J connectivity index is 1.15. The summed E-state index contributed by atoms with van der Waals surface area (Å²) in [5.74, 6) is 1.32. The second kappa shape index (κ2) is 11.1. The molecular formula is C29H30N4O4S. The number of nitrogens with zero attached hydrogens (tertiary/aromatic N) is 3. The van der Waals surface area contributed by atoms with E-state index in [1.807, 2.05) is 53.4 Å². The first-order valence-electron chi connectivity index (χ1n) is 13.1. The molecule has 0 bridgehead atoms. The van der Waals surface area contributed by atoms with Crippen LogP contribution >= 0.6 is 11.3 Å². The number of likely N-dealkylation sites (tertiary alicyclic amines) is 1. The molecule has 38 heavy (non-hydrogen) atoms. The molecule has 2 amide bonds. The Hall–Kier alpha value is -3.53. The van der Waals surface area contributed by atoms with Crippen LogP contribution in [0.1, 0.15) is 32.9 Å². The lowest BCUT2D eigenvalue weighted by Gasteiger charge is -2.30. The Labute approximate surface area is 225 Å². The lowest BCUT2D eigenvalue weighted by Crippen LogP contribution is -2.41. The first-order valence-corrected chi connectivity index (χ1v) is 13.9. The van der Waals surface area contributed by atoms with E-state index in [0.29, 0.717) is 28.5 Å². The Morgan fingerprint density at radius 2 is 1.92 bits per heavy atom. The lowest BCUT2D eigenvalue weighted by atomic mass is 10.0. The van der Waals surface area contributed by atoms with Gasteiger partial charge in [-0.05, 0) is 60.5 Å². The highest BCUT2D eigenvalue weighted by Crippen LogP contribution is 2.36. The van der Waals surface area contributed by atoms with Gasteiger partial charge in [0, 0.05) is 50.6 Å². The second-order valence-electron chi connectivity index (χ2n) is 9.63. The summed E-state index contributed by atoms with van der Waals surface area (Å²) < 4.78 is 12.5. The molecule has 2 aliphatic rings. The van der Waals surface area contributed by atoms with Crippen molar-refractivity contribution in [2.45, 2.75) is 12.8 Å². The molecule has 2 aliphatic heterocycles. The van der Waals surface area contributed by atoms with E-state index in [0.717, 1.165) is 79.8 Å². The standard InChI is InChI=1S/C29H30N4O4S/c34-28(31-9-2-11-32-14-16-36-17-15-32)23-5-1-4-20-18-21(6-7-22(20)23)37-25-8-10-30-24-19-26(38-27(24)25)29(35)33-12-3-13-33/h1,4-8,10,18-19H,2-3,9,11-17H2,(H,31,34). The number of pyridine rings is 1. The molecule has 4 heterocycles. The van der Waals surface area contributed by atoms with Gasteiger partial charge in [0.05, 0.1) is 28.3 Å². The molecule has 9 heteroatoms. The van der Waals surface area contributed by atoms with E-state index in [1.54, 1.807) is 6.20 Å². The number of benzene rings is 2. The van der Waals surface area contributed by atoms with Gasteiger partial charge in [-0.1, -0.05) is 12.1 Å². The molecule has 6 rings (SSSR count). The average molecular weight is 531 g/mol. The van der Waals surface area contributed by atoms with Crippen LogP contribution in [0.3, 0.4) is 0 Å². The van der Waals surface area contributed by atoms with Crippen molar-refractivity contribution in [2.24, 2.45) is 0 Å². The fourth-order valence-corrected chi connectivity index (χ4v) is 5.88. The van der Waals surface area contributed by atoms with Gasteiger partial charge in [0.15, 0.2) is 0 Å². The quantitative estimate of drug-likeness (QED) is 0.337. The van der Waals surface area contributed by atoms with E-state index in [4.69, 9.17) is 9.47 Å². The predicted molar refractivity (Wildman–Crippen MR) is 148 cm³/mol. The number of carbonyl (C=O) groups is 2. The molecular weight excluding hydrogens is 500 g/mol. The molecule has 2 aromatic carbocycles. The number of amides is 2. The fourth-order valence-electron chi connectivity index (χ4n) is 4.85. The van der Waals surface area contributed by atoms with Crippen molar-refractivity contribution in [1.29, 1.82) is 0 Å². The molecule has 1 N–H and O–H groups in total. The first kappa shape index (κ1) is 24.8. The number of hydrogen-bond donors (Lipinski definition) is 1. The van der Waals surface area contributed by atoms with Gasteiger partial charge in [-0.2, -0.15) is 0 Å². The largest absolute Gasteiger partial charge is 0.456 e. The highest BCUT2D eigenvalue weighted by Gasteiger charge is 2.24. The van der Waals surface area contributed by atoms with E-state index < -0.39 is 0 Å². The normalized spacial score (nSPS) is 15.9. The van der Waals surface area contributed by atoms with Crippen LogP contribution in [0.2, 0.25) is 0 Å². The highest BCUT2D eigenvalue weighted by atomic mass is 32.1. The van der Waals surface area contributed by atoms with Crippen molar-refractivity contribution in [3.8, 4) is 11.5 Å². The lowest BCUT2D eigenvalue weighted by molar-refractivity contribution is 0.0374. The molecule has 0 unspecified atom stereocenters. The highest BCUT2D eigenvalue weighted by molar-refractivity contribution is 7.21. The van der Waals surface area contributed by atoms with Gasteiger partial charge in [-0.3, -0.25) is 19.5 Å². The summed E-state index contributed by atoms with van der Waals surface area (Å²) in [6.07, 6.45) is 3.66. The van der Waals surface area contributed by atoms with Crippen molar-refractivity contribution in [1.82, 2.24) is 20.1 Å². The summed E-state index contributed by atoms with van der Waals surface area (Å²) in [6, 6.07) is 15.1. The molecule has 2 fully saturated rings. The van der Waals surface area contributed by atoms with Gasteiger partial charge in [0.1, 0.15) is 11.5 Å². The van der Waals surface area contributed by atoms with E-state index in [1.165, 1.54) is 11.3 Å². The topological polar surface area (TPSA) is 84.0 Å². The third-order valence-corrected chi connectivity index (χ3v) is 8.22. The molecule has 0 saturated carbocycles. The van der Waals surface area contributed by atoms with Crippen molar-refractivity contribution in [3.63, 3.8) is 0 Å². The van der Waals surface area contributed by atoms with Gasteiger partial charge in [-0.15, -0.1) is 11.3 Å². The van der Waals surface area contributed by atoms with Crippen LogP contribution in [0, 0.1) is 0 Å². The van der Waals surface area contributed by atoms with Crippen LogP contribution in [0.4, 0.5) is 0 Å². The molecule has 8 nitrogen and oxygen atoms in total. The van der Waals surface area contributed by atoms with Gasteiger partial charge in [0.25, 0.3) is 11.8 Å². The summed E-state index contributed by atoms with van der Waals surface area (Å²) in [7, 11) is 0. The molecule has 196 valence electrons. The zero-order valence-electron chi connectivity index (χ0n) is 21.2. The summed E-state index contributed by atoms with van der Waals surface area (Å²) in [4.78, 5) is 35.0. The van der Waals surface area contributed by atoms with Gasteiger partial charge in [0.2, 0.25) is 0 Å².